The molecular formula is C10H13N5OS. The molecule has 3 heterocycles. The molecule has 2 aromatic heterocycles. The normalized spacial score (nSPS) is 14.1. The Labute approximate surface area is 103 Å². The summed E-state index contributed by atoms with van der Waals surface area (Å²) in [6.07, 6.45) is 3.83. The van der Waals surface area contributed by atoms with Crippen LogP contribution in [0.15, 0.2) is 12.4 Å². The van der Waals surface area contributed by atoms with Crippen LogP contribution in [0.2, 0.25) is 0 Å². The Hall–Kier alpha value is -1.63. The van der Waals surface area contributed by atoms with Crippen molar-refractivity contribution in [1.82, 2.24) is 19.7 Å². The number of fused-ring (bicyclic) bond motifs is 1. The highest BCUT2D eigenvalue weighted by atomic mass is 32.1. The summed E-state index contributed by atoms with van der Waals surface area (Å²) in [5, 5.41) is 9.71. The molecule has 0 aliphatic carbocycles. The van der Waals surface area contributed by atoms with Crippen LogP contribution in [-0.4, -0.2) is 32.9 Å². The van der Waals surface area contributed by atoms with E-state index < -0.39 is 0 Å². The molecule has 0 saturated carbocycles. The molecule has 0 aromatic carbocycles. The van der Waals surface area contributed by atoms with E-state index in [1.165, 1.54) is 11.3 Å². The summed E-state index contributed by atoms with van der Waals surface area (Å²) >= 11 is 1.50. The lowest BCUT2D eigenvalue weighted by Crippen LogP contribution is -2.20. The maximum Gasteiger partial charge on any atom is 0.294 e. The van der Waals surface area contributed by atoms with Crippen LogP contribution in [0.3, 0.4) is 0 Å². The van der Waals surface area contributed by atoms with Crippen LogP contribution < -0.4 is 9.64 Å². The molecule has 90 valence electrons. The topological polar surface area (TPSA) is 56.1 Å². The van der Waals surface area contributed by atoms with Crippen LogP contribution in [0.4, 0.5) is 5.95 Å². The second kappa shape index (κ2) is 4.33. The van der Waals surface area contributed by atoms with E-state index in [-0.39, 0.29) is 0 Å². The molecule has 0 spiro atoms. The fourth-order valence-electron chi connectivity index (χ4n) is 1.88. The number of rotatable bonds is 4. The maximum atomic E-state index is 5.31. The molecule has 0 bridgehead atoms. The van der Waals surface area contributed by atoms with E-state index in [0.717, 1.165) is 30.6 Å². The molecule has 3 rings (SSSR count). The van der Waals surface area contributed by atoms with Crippen LogP contribution in [-0.2, 0) is 13.1 Å². The third-order valence-electron chi connectivity index (χ3n) is 2.63. The summed E-state index contributed by atoms with van der Waals surface area (Å²) in [6.45, 7) is 5.29. The number of nitrogens with zero attached hydrogens (tertiary/aromatic N) is 5. The highest BCUT2D eigenvalue weighted by molar-refractivity contribution is 7.13. The summed E-state index contributed by atoms with van der Waals surface area (Å²) in [5.74, 6) is 1.01. The zero-order valence-corrected chi connectivity index (χ0v) is 10.4. The molecule has 2 aromatic rings. The van der Waals surface area contributed by atoms with Crippen molar-refractivity contribution in [2.45, 2.75) is 20.0 Å². The highest BCUT2D eigenvalue weighted by Gasteiger charge is 2.21. The molecular weight excluding hydrogens is 238 g/mol. The average molecular weight is 251 g/mol. The zero-order valence-electron chi connectivity index (χ0n) is 9.54. The molecule has 0 saturated heterocycles. The summed E-state index contributed by atoms with van der Waals surface area (Å²) in [6, 6.07) is 0. The first-order valence-corrected chi connectivity index (χ1v) is 6.39. The van der Waals surface area contributed by atoms with E-state index >= 15 is 0 Å². The fourth-order valence-corrected chi connectivity index (χ4v) is 2.65. The summed E-state index contributed by atoms with van der Waals surface area (Å²) in [5.41, 5.74) is 0. The minimum Gasteiger partial charge on any atom is -0.469 e. The number of hydrogen-bond acceptors (Lipinski definition) is 6. The molecule has 6 nitrogen and oxygen atoms in total. The number of anilines is 1. The van der Waals surface area contributed by atoms with Crippen molar-refractivity contribution in [1.29, 1.82) is 0 Å². The van der Waals surface area contributed by atoms with Crippen molar-refractivity contribution in [3.63, 3.8) is 0 Å². The quantitative estimate of drug-likeness (QED) is 0.816. The van der Waals surface area contributed by atoms with Crippen molar-refractivity contribution in [3.8, 4) is 5.19 Å². The fraction of sp³-hybridized carbons (Fsp3) is 0.500. The van der Waals surface area contributed by atoms with E-state index in [1.54, 1.807) is 0 Å². The Morgan fingerprint density at radius 1 is 1.41 bits per heavy atom. The van der Waals surface area contributed by atoms with Gasteiger partial charge in [-0.15, -0.1) is 5.10 Å². The van der Waals surface area contributed by atoms with Gasteiger partial charge in [-0.05, 0) is 6.92 Å². The molecule has 0 N–H and O–H groups in total. The summed E-state index contributed by atoms with van der Waals surface area (Å²) in [7, 11) is 0. The smallest absolute Gasteiger partial charge is 0.294 e. The van der Waals surface area contributed by atoms with Crippen molar-refractivity contribution >= 4 is 17.3 Å². The van der Waals surface area contributed by atoms with Crippen molar-refractivity contribution in [3.05, 3.63) is 17.4 Å². The maximum absolute atomic E-state index is 5.31. The summed E-state index contributed by atoms with van der Waals surface area (Å²) < 4.78 is 7.45. The van der Waals surface area contributed by atoms with E-state index in [4.69, 9.17) is 4.74 Å². The van der Waals surface area contributed by atoms with E-state index in [1.807, 2.05) is 19.3 Å². The molecule has 17 heavy (non-hydrogen) atoms. The van der Waals surface area contributed by atoms with Crippen molar-refractivity contribution in [2.75, 3.05) is 18.1 Å². The van der Waals surface area contributed by atoms with Crippen LogP contribution in [0.5, 0.6) is 5.19 Å². The Morgan fingerprint density at radius 3 is 3.24 bits per heavy atom. The van der Waals surface area contributed by atoms with Gasteiger partial charge in [-0.2, -0.15) is 0 Å². The van der Waals surface area contributed by atoms with E-state index in [0.29, 0.717) is 11.8 Å². The largest absolute Gasteiger partial charge is 0.469 e. The van der Waals surface area contributed by atoms with Crippen molar-refractivity contribution in [2.24, 2.45) is 0 Å². The molecule has 1 aliphatic heterocycles. The van der Waals surface area contributed by atoms with Gasteiger partial charge in [0.15, 0.2) is 0 Å². The van der Waals surface area contributed by atoms with Gasteiger partial charge in [0.05, 0.1) is 13.2 Å². The summed E-state index contributed by atoms with van der Waals surface area (Å²) in [4.78, 5) is 6.54. The van der Waals surface area contributed by atoms with E-state index in [2.05, 4.69) is 24.6 Å². The van der Waals surface area contributed by atoms with Gasteiger partial charge < -0.3 is 14.2 Å². The van der Waals surface area contributed by atoms with Gasteiger partial charge in [0.2, 0.25) is 5.95 Å². The Morgan fingerprint density at radius 2 is 2.35 bits per heavy atom. The van der Waals surface area contributed by atoms with Gasteiger partial charge >= 0.3 is 0 Å². The minimum absolute atomic E-state index is 0.628. The Balaban J connectivity index is 1.71. The molecule has 1 aliphatic rings. The lowest BCUT2D eigenvalue weighted by atomic mass is 10.5. The van der Waals surface area contributed by atoms with E-state index in [9.17, 15) is 0 Å². The lowest BCUT2D eigenvalue weighted by Gasteiger charge is -2.12. The number of hydrogen-bond donors (Lipinski definition) is 0. The molecule has 0 unspecified atom stereocenters. The van der Waals surface area contributed by atoms with Crippen molar-refractivity contribution < 1.29 is 4.74 Å². The first-order chi connectivity index (χ1) is 8.36. The first kappa shape index (κ1) is 10.5. The van der Waals surface area contributed by atoms with Gasteiger partial charge in [0, 0.05) is 25.5 Å². The molecule has 0 amide bonds. The van der Waals surface area contributed by atoms with Crippen LogP contribution in [0, 0.1) is 0 Å². The number of ether oxygens (including phenoxy) is 1. The van der Waals surface area contributed by atoms with Gasteiger partial charge in [0.1, 0.15) is 5.01 Å². The predicted molar refractivity (Wildman–Crippen MR) is 64.4 cm³/mol. The van der Waals surface area contributed by atoms with Gasteiger partial charge in [-0.3, -0.25) is 0 Å². The Kier molecular flexibility index (Phi) is 2.68. The minimum atomic E-state index is 0.628. The number of imidazole rings is 1. The van der Waals surface area contributed by atoms with Crippen LogP contribution >= 0.6 is 11.3 Å². The van der Waals surface area contributed by atoms with Crippen LogP contribution in [0.1, 0.15) is 11.9 Å². The molecule has 0 fully saturated rings. The highest BCUT2D eigenvalue weighted by Crippen LogP contribution is 2.24. The third-order valence-corrected chi connectivity index (χ3v) is 3.45. The van der Waals surface area contributed by atoms with Gasteiger partial charge in [-0.1, -0.05) is 16.4 Å². The molecule has 0 radical (unpaired) electrons. The standard InChI is InChI=1S/C10H13N5OS/c1-2-16-10-13-12-8(17-10)7-15-6-5-14-4-3-11-9(14)15/h3-4H,2,5-7H2,1H3. The zero-order chi connectivity index (χ0) is 11.7. The average Bonchev–Trinajstić information content (AvgIpc) is 2.98. The van der Waals surface area contributed by atoms with Gasteiger partial charge in [0.25, 0.3) is 5.19 Å². The second-order valence-corrected chi connectivity index (χ2v) is 4.76. The van der Waals surface area contributed by atoms with Gasteiger partial charge in [-0.25, -0.2) is 4.98 Å². The third kappa shape index (κ3) is 1.97. The molecule has 7 heteroatoms. The Bertz CT molecular complexity index is 508. The molecule has 0 atom stereocenters. The van der Waals surface area contributed by atoms with Crippen LogP contribution in [0.25, 0.3) is 0 Å². The first-order valence-electron chi connectivity index (χ1n) is 5.58. The monoisotopic (exact) mass is 251 g/mol. The SMILES string of the molecule is CCOc1nnc(CN2CCn3ccnc32)s1. The number of aromatic nitrogens is 4. The predicted octanol–water partition coefficient (Wildman–Crippen LogP) is 1.15. The lowest BCUT2D eigenvalue weighted by molar-refractivity contribution is 0.335. The second-order valence-electron chi connectivity index (χ2n) is 3.74.